The van der Waals surface area contributed by atoms with Crippen LogP contribution in [0.25, 0.3) is 0 Å². The van der Waals surface area contributed by atoms with E-state index in [4.69, 9.17) is 5.73 Å². The lowest BCUT2D eigenvalue weighted by Gasteiger charge is -2.04. The highest BCUT2D eigenvalue weighted by Crippen LogP contribution is 2.14. The van der Waals surface area contributed by atoms with Crippen LogP contribution in [0.4, 0.5) is 5.69 Å². The minimum atomic E-state index is -0.244. The molecule has 0 aromatic carbocycles. The second kappa shape index (κ2) is 4.28. The second-order valence-corrected chi connectivity index (χ2v) is 3.76. The molecular weight excluding hydrogens is 220 g/mol. The molecule has 0 radical (unpaired) electrons. The molecule has 0 atom stereocenters. The van der Waals surface area contributed by atoms with Crippen molar-refractivity contribution in [2.75, 3.05) is 5.73 Å². The summed E-state index contributed by atoms with van der Waals surface area (Å²) in [4.78, 5) is 11.9. The monoisotopic (exact) mass is 234 g/mol. The van der Waals surface area contributed by atoms with Crippen molar-refractivity contribution in [2.24, 2.45) is 7.05 Å². The highest BCUT2D eigenvalue weighted by molar-refractivity contribution is 5.97. The predicted molar refractivity (Wildman–Crippen MR) is 62.1 cm³/mol. The van der Waals surface area contributed by atoms with E-state index in [9.17, 15) is 4.79 Å². The van der Waals surface area contributed by atoms with Gasteiger partial charge < -0.3 is 11.1 Å². The summed E-state index contributed by atoms with van der Waals surface area (Å²) in [7, 11) is 1.69. The summed E-state index contributed by atoms with van der Waals surface area (Å²) in [5.41, 5.74) is 8.14. The largest absolute Gasteiger partial charge is 0.395 e. The molecule has 90 valence electrons. The minimum absolute atomic E-state index is 0.244. The molecule has 2 rings (SSSR count). The molecule has 0 aliphatic heterocycles. The number of carbonyl (C=O) groups is 1. The molecule has 0 aliphatic carbocycles. The van der Waals surface area contributed by atoms with Gasteiger partial charge in [-0.2, -0.15) is 10.2 Å². The molecule has 2 aromatic rings. The Kier molecular flexibility index (Phi) is 2.82. The van der Waals surface area contributed by atoms with Crippen molar-refractivity contribution in [2.45, 2.75) is 13.5 Å². The van der Waals surface area contributed by atoms with Gasteiger partial charge in [0.05, 0.1) is 17.6 Å². The smallest absolute Gasteiger partial charge is 0.271 e. The van der Waals surface area contributed by atoms with Crippen molar-refractivity contribution in [3.05, 3.63) is 29.3 Å². The quantitative estimate of drug-likeness (QED) is 0.693. The molecule has 7 heteroatoms. The fourth-order valence-electron chi connectivity index (χ4n) is 1.58. The number of hydrogen-bond acceptors (Lipinski definition) is 4. The van der Waals surface area contributed by atoms with Crippen molar-refractivity contribution in [1.29, 1.82) is 0 Å². The van der Waals surface area contributed by atoms with Crippen LogP contribution in [0.5, 0.6) is 0 Å². The molecule has 2 heterocycles. The Hall–Kier alpha value is -2.31. The van der Waals surface area contributed by atoms with Gasteiger partial charge in [-0.05, 0) is 6.92 Å². The Morgan fingerprint density at radius 3 is 2.94 bits per heavy atom. The van der Waals surface area contributed by atoms with Gasteiger partial charge in [-0.3, -0.25) is 14.6 Å². The molecule has 1 amide bonds. The summed E-state index contributed by atoms with van der Waals surface area (Å²) in [6.07, 6.45) is 3.37. The molecule has 0 unspecified atom stereocenters. The van der Waals surface area contributed by atoms with Gasteiger partial charge in [0.2, 0.25) is 0 Å². The van der Waals surface area contributed by atoms with Crippen molar-refractivity contribution >= 4 is 11.6 Å². The average molecular weight is 234 g/mol. The maximum Gasteiger partial charge on any atom is 0.271 e. The highest BCUT2D eigenvalue weighted by atomic mass is 16.2. The summed E-state index contributed by atoms with van der Waals surface area (Å²) < 4.78 is 1.48. The Balaban J connectivity index is 2.10. The van der Waals surface area contributed by atoms with E-state index in [1.807, 2.05) is 0 Å². The SMILES string of the molecule is Cc1nn(C)c(C(=O)NCc2cn[nH]c2)c1N. The number of aromatic nitrogens is 4. The fourth-order valence-corrected chi connectivity index (χ4v) is 1.58. The first kappa shape index (κ1) is 11.2. The van der Waals surface area contributed by atoms with Gasteiger partial charge in [0.1, 0.15) is 5.69 Å². The number of anilines is 1. The van der Waals surface area contributed by atoms with E-state index in [0.29, 0.717) is 23.6 Å². The molecule has 4 N–H and O–H groups in total. The van der Waals surface area contributed by atoms with E-state index in [0.717, 1.165) is 5.56 Å². The molecule has 0 bridgehead atoms. The third-order valence-electron chi connectivity index (χ3n) is 2.49. The van der Waals surface area contributed by atoms with Crippen LogP contribution in [0.15, 0.2) is 12.4 Å². The molecule has 0 saturated heterocycles. The standard InChI is InChI=1S/C10H14N6O/c1-6-8(11)9(16(2)15-6)10(17)12-3-7-4-13-14-5-7/h4-5H,3,11H2,1-2H3,(H,12,17)(H,13,14). The Bertz CT molecular complexity index is 527. The lowest BCUT2D eigenvalue weighted by Crippen LogP contribution is -2.25. The maximum absolute atomic E-state index is 11.9. The van der Waals surface area contributed by atoms with E-state index >= 15 is 0 Å². The van der Waals surface area contributed by atoms with Crippen LogP contribution in [0.3, 0.4) is 0 Å². The normalized spacial score (nSPS) is 10.5. The van der Waals surface area contributed by atoms with Crippen molar-refractivity contribution in [1.82, 2.24) is 25.3 Å². The number of hydrogen-bond donors (Lipinski definition) is 3. The van der Waals surface area contributed by atoms with E-state index in [1.165, 1.54) is 4.68 Å². The average Bonchev–Trinajstić information content (AvgIpc) is 2.86. The first-order valence-electron chi connectivity index (χ1n) is 5.14. The van der Waals surface area contributed by atoms with Crippen LogP contribution in [-0.2, 0) is 13.6 Å². The minimum Gasteiger partial charge on any atom is -0.395 e. The highest BCUT2D eigenvalue weighted by Gasteiger charge is 2.17. The number of nitrogens with one attached hydrogen (secondary N) is 2. The zero-order valence-electron chi connectivity index (χ0n) is 9.69. The predicted octanol–water partition coefficient (Wildman–Crippen LogP) is -0.0362. The van der Waals surface area contributed by atoms with Gasteiger partial charge in [-0.25, -0.2) is 0 Å². The van der Waals surface area contributed by atoms with Crippen LogP contribution in [-0.4, -0.2) is 25.9 Å². The summed E-state index contributed by atoms with van der Waals surface area (Å²) >= 11 is 0. The van der Waals surface area contributed by atoms with Crippen LogP contribution in [0.2, 0.25) is 0 Å². The number of nitrogens with zero attached hydrogens (tertiary/aromatic N) is 3. The molecule has 17 heavy (non-hydrogen) atoms. The Labute approximate surface area is 98.0 Å². The van der Waals surface area contributed by atoms with Crippen LogP contribution < -0.4 is 11.1 Å². The molecule has 0 fully saturated rings. The van der Waals surface area contributed by atoms with Crippen LogP contribution in [0.1, 0.15) is 21.7 Å². The molecule has 7 nitrogen and oxygen atoms in total. The van der Waals surface area contributed by atoms with Gasteiger partial charge in [-0.15, -0.1) is 0 Å². The van der Waals surface area contributed by atoms with Gasteiger partial charge in [0.25, 0.3) is 5.91 Å². The van der Waals surface area contributed by atoms with Crippen LogP contribution >= 0.6 is 0 Å². The summed E-state index contributed by atoms with van der Waals surface area (Å²) in [5.74, 6) is -0.244. The van der Waals surface area contributed by atoms with E-state index in [1.54, 1.807) is 26.4 Å². The lowest BCUT2D eigenvalue weighted by molar-refractivity contribution is 0.0942. The van der Waals surface area contributed by atoms with Crippen molar-refractivity contribution < 1.29 is 4.79 Å². The number of H-pyrrole nitrogens is 1. The lowest BCUT2D eigenvalue weighted by atomic mass is 10.3. The maximum atomic E-state index is 11.9. The molecule has 0 spiro atoms. The number of rotatable bonds is 3. The second-order valence-electron chi connectivity index (χ2n) is 3.76. The number of nitrogens with two attached hydrogens (primary N) is 1. The van der Waals surface area contributed by atoms with Gasteiger partial charge in [0, 0.05) is 25.4 Å². The summed E-state index contributed by atoms with van der Waals surface area (Å²) in [6.45, 7) is 2.17. The van der Waals surface area contributed by atoms with Crippen molar-refractivity contribution in [3.63, 3.8) is 0 Å². The number of carbonyl (C=O) groups excluding carboxylic acids is 1. The van der Waals surface area contributed by atoms with Gasteiger partial charge >= 0.3 is 0 Å². The molecule has 0 aliphatic rings. The summed E-state index contributed by atoms with van der Waals surface area (Å²) in [5, 5.41) is 13.3. The first-order chi connectivity index (χ1) is 8.09. The number of aromatic amines is 1. The van der Waals surface area contributed by atoms with E-state index in [2.05, 4.69) is 20.6 Å². The van der Waals surface area contributed by atoms with Crippen LogP contribution in [0, 0.1) is 6.92 Å². The first-order valence-corrected chi connectivity index (χ1v) is 5.14. The topological polar surface area (TPSA) is 102 Å². The third kappa shape index (κ3) is 2.12. The van der Waals surface area contributed by atoms with Gasteiger partial charge in [0.15, 0.2) is 0 Å². The Morgan fingerprint density at radius 2 is 2.41 bits per heavy atom. The number of nitrogen functional groups attached to an aromatic ring is 1. The van der Waals surface area contributed by atoms with Gasteiger partial charge in [-0.1, -0.05) is 0 Å². The number of amides is 1. The molecule has 2 aromatic heterocycles. The molecule has 0 saturated carbocycles. The zero-order valence-corrected chi connectivity index (χ0v) is 9.69. The third-order valence-corrected chi connectivity index (χ3v) is 2.49. The summed E-state index contributed by atoms with van der Waals surface area (Å²) in [6, 6.07) is 0. The van der Waals surface area contributed by atoms with E-state index < -0.39 is 0 Å². The Morgan fingerprint density at radius 1 is 1.65 bits per heavy atom. The number of aryl methyl sites for hydroxylation is 2. The fraction of sp³-hybridized carbons (Fsp3) is 0.300. The molecular formula is C10H14N6O. The zero-order chi connectivity index (χ0) is 12.4. The van der Waals surface area contributed by atoms with Crippen molar-refractivity contribution in [3.8, 4) is 0 Å². The van der Waals surface area contributed by atoms with E-state index in [-0.39, 0.29) is 5.91 Å².